The molecular weight excluding hydrogens is 481 g/mol. The third kappa shape index (κ3) is 6.73. The average Bonchev–Trinajstić information content (AvgIpc) is 3.04. The Bertz CT molecular complexity index is 962. The summed E-state index contributed by atoms with van der Waals surface area (Å²) in [5.74, 6) is -1.34. The van der Waals surface area contributed by atoms with E-state index in [4.69, 9.17) is 27.9 Å². The van der Waals surface area contributed by atoms with Gasteiger partial charge in [-0.05, 0) is 43.0 Å². The zero-order chi connectivity index (χ0) is 24.7. The van der Waals surface area contributed by atoms with Gasteiger partial charge in [-0.3, -0.25) is 14.4 Å². The van der Waals surface area contributed by atoms with E-state index < -0.39 is 12.0 Å². The summed E-state index contributed by atoms with van der Waals surface area (Å²) in [4.78, 5) is 55.6. The van der Waals surface area contributed by atoms with Crippen molar-refractivity contribution in [3.05, 3.63) is 39.9 Å². The highest BCUT2D eigenvalue weighted by Gasteiger charge is 2.36. The number of hydrogen-bond acceptors (Lipinski definition) is 5. The van der Waals surface area contributed by atoms with Crippen LogP contribution in [0.2, 0.25) is 10.0 Å². The quantitative estimate of drug-likeness (QED) is 0.434. The molecule has 1 aromatic rings. The zero-order valence-corrected chi connectivity index (χ0v) is 20.7. The highest BCUT2D eigenvalue weighted by molar-refractivity contribution is 6.42. The van der Waals surface area contributed by atoms with Gasteiger partial charge in [0.2, 0.25) is 17.7 Å². The van der Waals surface area contributed by atoms with Gasteiger partial charge in [0.25, 0.3) is 0 Å². The van der Waals surface area contributed by atoms with E-state index in [2.05, 4.69) is 0 Å². The van der Waals surface area contributed by atoms with E-state index in [0.717, 1.165) is 24.8 Å². The van der Waals surface area contributed by atoms with Crippen LogP contribution in [0.15, 0.2) is 24.3 Å². The van der Waals surface area contributed by atoms with Gasteiger partial charge in [-0.25, -0.2) is 4.79 Å². The number of nitrogens with zero attached hydrogens (tertiary/aromatic N) is 3. The fourth-order valence-corrected chi connectivity index (χ4v) is 4.48. The third-order valence-corrected chi connectivity index (χ3v) is 6.87. The SMILES string of the molecule is COC(=O)C(CC(=O)N1CCCCC1)N1CCN(C(=O)/C=C/c2ccc(Cl)c(Cl)c2)CCC1=O. The molecule has 10 heteroatoms. The van der Waals surface area contributed by atoms with Gasteiger partial charge >= 0.3 is 5.97 Å². The molecule has 34 heavy (non-hydrogen) atoms. The molecule has 0 spiro atoms. The molecule has 184 valence electrons. The zero-order valence-electron chi connectivity index (χ0n) is 19.2. The number of piperidine rings is 1. The van der Waals surface area contributed by atoms with Gasteiger partial charge in [0.1, 0.15) is 6.04 Å². The van der Waals surface area contributed by atoms with E-state index in [1.807, 2.05) is 0 Å². The van der Waals surface area contributed by atoms with Crippen LogP contribution in [0.25, 0.3) is 6.08 Å². The van der Waals surface area contributed by atoms with Crippen molar-refractivity contribution in [3.8, 4) is 0 Å². The summed E-state index contributed by atoms with van der Waals surface area (Å²) in [7, 11) is 1.24. The van der Waals surface area contributed by atoms with Crippen molar-refractivity contribution in [2.75, 3.05) is 39.8 Å². The maximum atomic E-state index is 12.9. The Morgan fingerprint density at radius 3 is 2.41 bits per heavy atom. The highest BCUT2D eigenvalue weighted by atomic mass is 35.5. The lowest BCUT2D eigenvalue weighted by Crippen LogP contribution is -2.49. The molecule has 3 rings (SSSR count). The number of carbonyl (C=O) groups is 4. The van der Waals surface area contributed by atoms with Gasteiger partial charge in [0.05, 0.1) is 23.6 Å². The number of hydrogen-bond donors (Lipinski definition) is 0. The molecule has 0 aliphatic carbocycles. The van der Waals surface area contributed by atoms with Gasteiger partial charge in [-0.2, -0.15) is 0 Å². The summed E-state index contributed by atoms with van der Waals surface area (Å²) in [6.07, 6.45) is 5.93. The summed E-state index contributed by atoms with van der Waals surface area (Å²) >= 11 is 11.9. The molecule has 2 aliphatic heterocycles. The van der Waals surface area contributed by atoms with E-state index in [1.165, 1.54) is 18.1 Å². The molecule has 1 atom stereocenters. The fraction of sp³-hybridized carbons (Fsp3) is 0.500. The predicted octanol–water partition coefficient (Wildman–Crippen LogP) is 3.01. The Hall–Kier alpha value is -2.58. The molecule has 1 aromatic carbocycles. The summed E-state index contributed by atoms with van der Waals surface area (Å²) in [5.41, 5.74) is 0.720. The molecule has 0 aromatic heterocycles. The number of carbonyl (C=O) groups excluding carboxylic acids is 4. The van der Waals surface area contributed by atoms with Gasteiger partial charge in [0, 0.05) is 45.2 Å². The first-order valence-electron chi connectivity index (χ1n) is 11.4. The number of halogens is 2. The van der Waals surface area contributed by atoms with Crippen molar-refractivity contribution in [3.63, 3.8) is 0 Å². The van der Waals surface area contributed by atoms with Crippen LogP contribution in [-0.4, -0.2) is 84.3 Å². The minimum atomic E-state index is -1.01. The monoisotopic (exact) mass is 509 g/mol. The van der Waals surface area contributed by atoms with Crippen LogP contribution in [0, 0.1) is 0 Å². The lowest BCUT2D eigenvalue weighted by Gasteiger charge is -2.32. The Balaban J connectivity index is 1.66. The molecule has 3 amide bonds. The second-order valence-electron chi connectivity index (χ2n) is 8.35. The van der Waals surface area contributed by atoms with Gasteiger partial charge in [-0.15, -0.1) is 0 Å². The second-order valence-corrected chi connectivity index (χ2v) is 9.17. The first kappa shape index (κ1) is 26.0. The molecule has 0 N–H and O–H groups in total. The van der Waals surface area contributed by atoms with Crippen LogP contribution in [0.1, 0.15) is 37.7 Å². The summed E-state index contributed by atoms with van der Waals surface area (Å²) in [5, 5.41) is 0.815. The molecule has 2 aliphatic rings. The molecule has 8 nitrogen and oxygen atoms in total. The molecule has 2 heterocycles. The van der Waals surface area contributed by atoms with Gasteiger partial charge < -0.3 is 19.4 Å². The number of likely N-dealkylation sites (tertiary alicyclic amines) is 1. The Labute approximate surface area is 209 Å². The summed E-state index contributed by atoms with van der Waals surface area (Å²) in [6, 6.07) is 4.04. The van der Waals surface area contributed by atoms with Crippen molar-refractivity contribution >= 4 is 53.0 Å². The van der Waals surface area contributed by atoms with Gasteiger partial charge in [-0.1, -0.05) is 29.3 Å². The lowest BCUT2D eigenvalue weighted by atomic mass is 10.1. The summed E-state index contributed by atoms with van der Waals surface area (Å²) < 4.78 is 4.91. The van der Waals surface area contributed by atoms with E-state index in [9.17, 15) is 19.2 Å². The number of esters is 1. The van der Waals surface area contributed by atoms with Crippen LogP contribution in [0.3, 0.4) is 0 Å². The van der Waals surface area contributed by atoms with Crippen LogP contribution >= 0.6 is 23.2 Å². The van der Waals surface area contributed by atoms with E-state index in [-0.39, 0.29) is 50.2 Å². The van der Waals surface area contributed by atoms with Crippen molar-refractivity contribution < 1.29 is 23.9 Å². The molecule has 2 fully saturated rings. The number of rotatable bonds is 6. The smallest absolute Gasteiger partial charge is 0.329 e. The molecule has 0 saturated carbocycles. The number of methoxy groups -OCH3 is 1. The first-order chi connectivity index (χ1) is 16.3. The summed E-state index contributed by atoms with van der Waals surface area (Å²) in [6.45, 7) is 1.91. The van der Waals surface area contributed by atoms with Crippen LogP contribution < -0.4 is 0 Å². The minimum Gasteiger partial charge on any atom is -0.467 e. The van der Waals surface area contributed by atoms with Crippen molar-refractivity contribution in [1.82, 2.24) is 14.7 Å². The Kier molecular flexibility index (Phi) is 9.36. The van der Waals surface area contributed by atoms with E-state index in [1.54, 1.807) is 34.1 Å². The van der Waals surface area contributed by atoms with Crippen LogP contribution in [0.5, 0.6) is 0 Å². The van der Waals surface area contributed by atoms with Crippen LogP contribution in [0.4, 0.5) is 0 Å². The number of ether oxygens (including phenoxy) is 1. The van der Waals surface area contributed by atoms with E-state index in [0.29, 0.717) is 23.1 Å². The molecule has 1 unspecified atom stereocenters. The largest absolute Gasteiger partial charge is 0.467 e. The fourth-order valence-electron chi connectivity index (χ4n) is 4.17. The van der Waals surface area contributed by atoms with Crippen molar-refractivity contribution in [2.24, 2.45) is 0 Å². The molecule has 2 saturated heterocycles. The number of amides is 3. The maximum absolute atomic E-state index is 12.9. The molecular formula is C24H29Cl2N3O5. The predicted molar refractivity (Wildman–Crippen MR) is 129 cm³/mol. The standard InChI is InChI=1S/C24H29Cl2N3O5/c1-34-24(33)20(16-23(32)27-10-3-2-4-11-27)29-14-13-28(12-9-22(29)31)21(30)8-6-17-5-7-18(25)19(26)15-17/h5-8,15,20H,2-4,9-14,16H2,1H3/b8-6+. The Morgan fingerprint density at radius 1 is 1.00 bits per heavy atom. The molecule has 0 radical (unpaired) electrons. The van der Waals surface area contributed by atoms with Gasteiger partial charge in [0.15, 0.2) is 0 Å². The first-order valence-corrected chi connectivity index (χ1v) is 12.1. The third-order valence-electron chi connectivity index (χ3n) is 6.13. The number of benzene rings is 1. The maximum Gasteiger partial charge on any atom is 0.329 e. The molecule has 0 bridgehead atoms. The van der Waals surface area contributed by atoms with E-state index >= 15 is 0 Å². The lowest BCUT2D eigenvalue weighted by molar-refractivity contribution is -0.155. The minimum absolute atomic E-state index is 0.0533. The highest BCUT2D eigenvalue weighted by Crippen LogP contribution is 2.23. The Morgan fingerprint density at radius 2 is 1.74 bits per heavy atom. The van der Waals surface area contributed by atoms with Crippen molar-refractivity contribution in [2.45, 2.75) is 38.1 Å². The van der Waals surface area contributed by atoms with Crippen LogP contribution in [-0.2, 0) is 23.9 Å². The second kappa shape index (κ2) is 12.2. The average molecular weight is 510 g/mol. The normalized spacial score (nSPS) is 18.1. The van der Waals surface area contributed by atoms with Crippen molar-refractivity contribution in [1.29, 1.82) is 0 Å². The topological polar surface area (TPSA) is 87.2 Å².